The molecule has 1 aromatic carbocycles. The lowest BCUT2D eigenvalue weighted by molar-refractivity contribution is -0.0983. The first-order chi connectivity index (χ1) is 10.7. The van der Waals surface area contributed by atoms with Gasteiger partial charge in [-0.3, -0.25) is 0 Å². The minimum absolute atomic E-state index is 0.483. The molecule has 0 aliphatic heterocycles. The van der Waals surface area contributed by atoms with Crippen LogP contribution in [0.2, 0.25) is 0 Å². The number of hydrogen-bond acceptors (Lipinski definition) is 5. The summed E-state index contributed by atoms with van der Waals surface area (Å²) in [4.78, 5) is 0. The minimum atomic E-state index is -1.22. The molecule has 2 aromatic rings. The summed E-state index contributed by atoms with van der Waals surface area (Å²) < 4.78 is 12.7. The third kappa shape index (κ3) is 3.75. The Morgan fingerprint density at radius 1 is 1.22 bits per heavy atom. The Morgan fingerprint density at radius 2 is 1.91 bits per heavy atom. The van der Waals surface area contributed by atoms with Crippen molar-refractivity contribution in [1.82, 2.24) is 9.78 Å². The first-order valence-corrected chi connectivity index (χ1v) is 7.42. The Bertz CT molecular complexity index is 651. The highest BCUT2D eigenvalue weighted by Gasteiger charge is 2.40. The van der Waals surface area contributed by atoms with Gasteiger partial charge in [0, 0.05) is 23.9 Å². The predicted octanol–water partition coefficient (Wildman–Crippen LogP) is 1.13. The normalized spacial score (nSPS) is 12.3. The van der Waals surface area contributed by atoms with E-state index in [1.165, 1.54) is 7.11 Å². The molecule has 0 unspecified atom stereocenters. The largest absolute Gasteiger partial charge is 0.497 e. The zero-order valence-corrected chi connectivity index (χ0v) is 14.1. The monoisotopic (exact) mass is 318 g/mol. The molecule has 124 valence electrons. The third-order valence-electron chi connectivity index (χ3n) is 4.13. The Balaban J connectivity index is 2.29. The number of aromatic nitrogens is 2. The van der Waals surface area contributed by atoms with Gasteiger partial charge in [-0.1, -0.05) is 6.07 Å². The maximum absolute atomic E-state index is 10.4. The van der Waals surface area contributed by atoms with Gasteiger partial charge in [0.1, 0.15) is 5.75 Å². The molecule has 7 heteroatoms. The maximum Gasteiger partial charge on any atom is 0.495 e. The van der Waals surface area contributed by atoms with E-state index in [1.807, 2.05) is 18.3 Å². The molecule has 2 rings (SSSR count). The molecule has 0 radical (unpaired) electrons. The van der Waals surface area contributed by atoms with Crippen molar-refractivity contribution in [3.63, 3.8) is 0 Å². The highest BCUT2D eigenvalue weighted by Crippen LogP contribution is 2.26. The van der Waals surface area contributed by atoms with Crippen LogP contribution in [0.4, 0.5) is 0 Å². The van der Waals surface area contributed by atoms with E-state index in [1.54, 1.807) is 50.7 Å². The van der Waals surface area contributed by atoms with Crippen LogP contribution in [0, 0.1) is 0 Å². The molecular weight excluding hydrogens is 295 g/mol. The third-order valence-corrected chi connectivity index (χ3v) is 4.13. The summed E-state index contributed by atoms with van der Waals surface area (Å²) in [6, 6.07) is 7.13. The minimum Gasteiger partial charge on any atom is -0.497 e. The average molecular weight is 318 g/mol. The fraction of sp³-hybridized carbons (Fsp3) is 0.438. The number of aliphatic hydroxyl groups is 1. The summed E-state index contributed by atoms with van der Waals surface area (Å²) in [5.74, 6) is 0.483. The van der Waals surface area contributed by atoms with Crippen molar-refractivity contribution in [2.45, 2.75) is 38.9 Å². The Hall–Kier alpha value is -1.83. The van der Waals surface area contributed by atoms with Gasteiger partial charge >= 0.3 is 7.12 Å². The first kappa shape index (κ1) is 17.5. The molecule has 0 saturated carbocycles. The second-order valence-electron chi connectivity index (χ2n) is 6.42. The topological polar surface area (TPSA) is 76.7 Å². The van der Waals surface area contributed by atoms with Crippen molar-refractivity contribution in [2.75, 3.05) is 7.11 Å². The fourth-order valence-corrected chi connectivity index (χ4v) is 1.95. The second-order valence-corrected chi connectivity index (χ2v) is 6.42. The van der Waals surface area contributed by atoms with Gasteiger partial charge in [0.05, 0.1) is 24.0 Å². The van der Waals surface area contributed by atoms with Crippen LogP contribution in [0.15, 0.2) is 36.7 Å². The number of rotatable bonds is 6. The van der Waals surface area contributed by atoms with E-state index < -0.39 is 18.3 Å². The van der Waals surface area contributed by atoms with Gasteiger partial charge in [0.25, 0.3) is 0 Å². The zero-order valence-electron chi connectivity index (χ0n) is 14.1. The Labute approximate surface area is 136 Å². The molecule has 0 aliphatic rings. The number of nitrogens with zero attached hydrogens (tertiary/aromatic N) is 2. The molecule has 1 aromatic heterocycles. The van der Waals surface area contributed by atoms with Crippen LogP contribution < -0.4 is 10.2 Å². The van der Waals surface area contributed by atoms with E-state index in [-0.39, 0.29) is 0 Å². The molecule has 0 amide bonds. The second kappa shape index (κ2) is 6.35. The molecule has 6 nitrogen and oxygen atoms in total. The molecule has 0 spiro atoms. The van der Waals surface area contributed by atoms with Crippen molar-refractivity contribution in [3.05, 3.63) is 36.7 Å². The summed E-state index contributed by atoms with van der Waals surface area (Å²) in [6.07, 6.45) is 3.50. The van der Waals surface area contributed by atoms with Crippen LogP contribution in [-0.4, -0.2) is 45.3 Å². The lowest BCUT2D eigenvalue weighted by Gasteiger charge is -2.38. The predicted molar refractivity (Wildman–Crippen MR) is 89.2 cm³/mol. The number of benzene rings is 1. The van der Waals surface area contributed by atoms with Crippen molar-refractivity contribution in [1.29, 1.82) is 0 Å². The molecule has 0 atom stereocenters. The fourth-order valence-electron chi connectivity index (χ4n) is 1.95. The van der Waals surface area contributed by atoms with E-state index >= 15 is 0 Å². The van der Waals surface area contributed by atoms with Crippen LogP contribution in [0.3, 0.4) is 0 Å². The van der Waals surface area contributed by atoms with Crippen LogP contribution >= 0.6 is 0 Å². The quantitative estimate of drug-likeness (QED) is 0.781. The SMILES string of the molecule is COc1cc(-n2cccn2)ccc1B(O)OC(C)(C)C(C)(C)O. The Kier molecular flexibility index (Phi) is 4.84. The highest BCUT2D eigenvalue weighted by atomic mass is 16.6. The van der Waals surface area contributed by atoms with Gasteiger partial charge in [0.15, 0.2) is 0 Å². The van der Waals surface area contributed by atoms with Crippen molar-refractivity contribution < 1.29 is 19.5 Å². The molecule has 1 heterocycles. The first-order valence-electron chi connectivity index (χ1n) is 7.42. The molecule has 0 saturated heterocycles. The van der Waals surface area contributed by atoms with Gasteiger partial charge in [-0.2, -0.15) is 5.10 Å². The summed E-state index contributed by atoms with van der Waals surface area (Å²) in [6.45, 7) is 6.72. The lowest BCUT2D eigenvalue weighted by Crippen LogP contribution is -2.53. The van der Waals surface area contributed by atoms with Crippen molar-refractivity contribution in [2.24, 2.45) is 0 Å². The van der Waals surface area contributed by atoms with E-state index in [0.717, 1.165) is 5.69 Å². The number of hydrogen-bond donors (Lipinski definition) is 2. The molecule has 0 fully saturated rings. The van der Waals surface area contributed by atoms with E-state index in [4.69, 9.17) is 9.39 Å². The molecule has 0 aliphatic carbocycles. The van der Waals surface area contributed by atoms with Gasteiger partial charge in [-0.25, -0.2) is 4.68 Å². The summed E-state index contributed by atoms with van der Waals surface area (Å²) >= 11 is 0. The lowest BCUT2D eigenvalue weighted by atomic mass is 9.76. The van der Waals surface area contributed by atoms with Crippen LogP contribution in [0.25, 0.3) is 5.69 Å². The molecular formula is C16H23BN2O4. The van der Waals surface area contributed by atoms with Crippen LogP contribution in [0.5, 0.6) is 5.75 Å². The van der Waals surface area contributed by atoms with E-state index in [2.05, 4.69) is 5.10 Å². The maximum atomic E-state index is 10.4. The summed E-state index contributed by atoms with van der Waals surface area (Å²) in [7, 11) is 0.303. The van der Waals surface area contributed by atoms with Crippen molar-refractivity contribution in [3.8, 4) is 11.4 Å². The van der Waals surface area contributed by atoms with Gasteiger partial charge < -0.3 is 19.5 Å². The van der Waals surface area contributed by atoms with Gasteiger partial charge in [-0.05, 0) is 39.8 Å². The van der Waals surface area contributed by atoms with E-state index in [0.29, 0.717) is 11.2 Å². The van der Waals surface area contributed by atoms with Gasteiger partial charge in [-0.15, -0.1) is 0 Å². The van der Waals surface area contributed by atoms with Crippen molar-refractivity contribution >= 4 is 12.6 Å². The molecule has 0 bridgehead atoms. The van der Waals surface area contributed by atoms with E-state index in [9.17, 15) is 10.1 Å². The summed E-state index contributed by atoms with van der Waals surface area (Å²) in [5.41, 5.74) is -0.765. The number of methoxy groups -OCH3 is 1. The molecule has 23 heavy (non-hydrogen) atoms. The zero-order chi connectivity index (χ0) is 17.3. The number of ether oxygens (including phenoxy) is 1. The highest BCUT2D eigenvalue weighted by molar-refractivity contribution is 6.61. The molecule has 2 N–H and O–H groups in total. The Morgan fingerprint density at radius 3 is 2.43 bits per heavy atom. The summed E-state index contributed by atoms with van der Waals surface area (Å²) in [5, 5.41) is 24.7. The van der Waals surface area contributed by atoms with Gasteiger partial charge in [0.2, 0.25) is 0 Å². The van der Waals surface area contributed by atoms with Crippen LogP contribution in [0.1, 0.15) is 27.7 Å². The van der Waals surface area contributed by atoms with Crippen LogP contribution in [-0.2, 0) is 4.65 Å². The standard InChI is InChI=1S/C16H23BN2O4/c1-15(2,20)16(3,4)23-17(21)13-8-7-12(11-14(13)22-5)19-10-6-9-18-19/h6-11,20-21H,1-5H3. The smallest absolute Gasteiger partial charge is 0.495 e. The average Bonchev–Trinajstić information content (AvgIpc) is 2.99.